The first kappa shape index (κ1) is 13.7. The van der Waals surface area contributed by atoms with Crippen LogP contribution in [0.4, 0.5) is 5.69 Å². The molecule has 0 atom stereocenters. The molecule has 0 spiro atoms. The van der Waals surface area contributed by atoms with Crippen molar-refractivity contribution in [3.63, 3.8) is 0 Å². The number of amides is 1. The SMILES string of the molecule is CC(C)(C)CC(=O)Nc1ccc(C(O)O)cc1. The van der Waals surface area contributed by atoms with E-state index in [0.29, 0.717) is 17.7 Å². The lowest BCUT2D eigenvalue weighted by atomic mass is 9.92. The number of anilines is 1. The van der Waals surface area contributed by atoms with E-state index >= 15 is 0 Å². The lowest BCUT2D eigenvalue weighted by molar-refractivity contribution is -0.117. The van der Waals surface area contributed by atoms with Crippen LogP contribution in [-0.4, -0.2) is 16.1 Å². The van der Waals surface area contributed by atoms with Crippen molar-refractivity contribution >= 4 is 11.6 Å². The summed E-state index contributed by atoms with van der Waals surface area (Å²) in [5.41, 5.74) is 1.01. The Balaban J connectivity index is 2.61. The fourth-order valence-corrected chi connectivity index (χ4v) is 1.43. The zero-order chi connectivity index (χ0) is 13.1. The molecular weight excluding hydrogens is 218 g/mol. The Hall–Kier alpha value is -1.39. The van der Waals surface area contributed by atoms with Gasteiger partial charge in [0.1, 0.15) is 0 Å². The largest absolute Gasteiger partial charge is 0.364 e. The van der Waals surface area contributed by atoms with E-state index < -0.39 is 6.29 Å². The van der Waals surface area contributed by atoms with E-state index in [9.17, 15) is 4.79 Å². The third-order valence-corrected chi connectivity index (χ3v) is 2.18. The molecule has 4 heteroatoms. The monoisotopic (exact) mass is 237 g/mol. The van der Waals surface area contributed by atoms with Crippen LogP contribution in [0.25, 0.3) is 0 Å². The molecule has 94 valence electrons. The number of hydrogen-bond acceptors (Lipinski definition) is 3. The second-order valence-corrected chi connectivity index (χ2v) is 5.28. The summed E-state index contributed by atoms with van der Waals surface area (Å²) in [6, 6.07) is 6.43. The molecule has 0 aliphatic rings. The Kier molecular flexibility index (Phi) is 4.26. The summed E-state index contributed by atoms with van der Waals surface area (Å²) in [4.78, 5) is 11.6. The maximum atomic E-state index is 11.6. The summed E-state index contributed by atoms with van der Waals surface area (Å²) >= 11 is 0. The van der Waals surface area contributed by atoms with Crippen molar-refractivity contribution in [2.24, 2.45) is 5.41 Å². The number of aliphatic hydroxyl groups excluding tert-OH is 1. The lowest BCUT2D eigenvalue weighted by Gasteiger charge is -2.17. The first-order chi connectivity index (χ1) is 7.78. The smallest absolute Gasteiger partial charge is 0.224 e. The Labute approximate surface area is 101 Å². The minimum absolute atomic E-state index is 0.0465. The topological polar surface area (TPSA) is 69.6 Å². The number of aliphatic hydroxyl groups is 2. The van der Waals surface area contributed by atoms with E-state index in [-0.39, 0.29) is 11.3 Å². The van der Waals surface area contributed by atoms with Gasteiger partial charge < -0.3 is 15.5 Å². The standard InChI is InChI=1S/C13H19NO3/c1-13(2,3)8-11(15)14-10-6-4-9(5-7-10)12(16)17/h4-7,12,16-17H,8H2,1-3H3,(H,14,15). The van der Waals surface area contributed by atoms with Crippen molar-refractivity contribution in [3.05, 3.63) is 29.8 Å². The van der Waals surface area contributed by atoms with E-state index in [4.69, 9.17) is 10.2 Å². The number of hydrogen-bond donors (Lipinski definition) is 3. The van der Waals surface area contributed by atoms with Crippen LogP contribution in [0.3, 0.4) is 0 Å². The normalized spacial score (nSPS) is 11.6. The molecule has 0 saturated heterocycles. The van der Waals surface area contributed by atoms with Crippen molar-refractivity contribution in [3.8, 4) is 0 Å². The minimum Gasteiger partial charge on any atom is -0.364 e. The van der Waals surface area contributed by atoms with E-state index in [2.05, 4.69) is 5.32 Å². The van der Waals surface area contributed by atoms with E-state index in [1.807, 2.05) is 20.8 Å². The molecule has 0 fully saturated rings. The van der Waals surface area contributed by atoms with E-state index in [1.165, 1.54) is 0 Å². The third-order valence-electron chi connectivity index (χ3n) is 2.18. The van der Waals surface area contributed by atoms with Crippen LogP contribution in [0, 0.1) is 5.41 Å². The van der Waals surface area contributed by atoms with Crippen LogP contribution in [0.5, 0.6) is 0 Å². The molecule has 1 aromatic carbocycles. The number of carbonyl (C=O) groups excluding carboxylic acids is 1. The highest BCUT2D eigenvalue weighted by atomic mass is 16.5. The molecule has 4 nitrogen and oxygen atoms in total. The van der Waals surface area contributed by atoms with Crippen LogP contribution in [-0.2, 0) is 4.79 Å². The summed E-state index contributed by atoms with van der Waals surface area (Å²) in [5.74, 6) is -0.0465. The first-order valence-corrected chi connectivity index (χ1v) is 5.54. The molecule has 0 radical (unpaired) electrons. The van der Waals surface area contributed by atoms with Gasteiger partial charge in [0.05, 0.1) is 0 Å². The molecule has 1 aromatic rings. The second kappa shape index (κ2) is 5.29. The van der Waals surface area contributed by atoms with Crippen molar-refractivity contribution < 1.29 is 15.0 Å². The average molecular weight is 237 g/mol. The lowest BCUT2D eigenvalue weighted by Crippen LogP contribution is -2.19. The van der Waals surface area contributed by atoms with Gasteiger partial charge >= 0.3 is 0 Å². The summed E-state index contributed by atoms with van der Waals surface area (Å²) < 4.78 is 0. The quantitative estimate of drug-likeness (QED) is 0.705. The van der Waals surface area contributed by atoms with Crippen LogP contribution >= 0.6 is 0 Å². The zero-order valence-electron chi connectivity index (χ0n) is 10.4. The predicted molar refractivity (Wildman–Crippen MR) is 66.3 cm³/mol. The molecule has 0 unspecified atom stereocenters. The molecule has 0 saturated carbocycles. The fourth-order valence-electron chi connectivity index (χ4n) is 1.43. The fraction of sp³-hybridized carbons (Fsp3) is 0.462. The van der Waals surface area contributed by atoms with Crippen molar-refractivity contribution in [2.45, 2.75) is 33.5 Å². The molecule has 0 heterocycles. The molecule has 0 aromatic heterocycles. The van der Waals surface area contributed by atoms with Crippen molar-refractivity contribution in [2.75, 3.05) is 5.32 Å². The van der Waals surface area contributed by atoms with Crippen LogP contribution < -0.4 is 5.32 Å². The van der Waals surface area contributed by atoms with Gasteiger partial charge in [0.25, 0.3) is 0 Å². The predicted octanol–water partition coefficient (Wildman–Crippen LogP) is 2.04. The average Bonchev–Trinajstić information content (AvgIpc) is 2.15. The molecule has 0 bridgehead atoms. The van der Waals surface area contributed by atoms with Crippen LogP contribution in [0.2, 0.25) is 0 Å². The molecule has 1 rings (SSSR count). The van der Waals surface area contributed by atoms with Crippen molar-refractivity contribution in [1.29, 1.82) is 0 Å². The van der Waals surface area contributed by atoms with Crippen LogP contribution in [0.1, 0.15) is 39.0 Å². The van der Waals surface area contributed by atoms with Crippen molar-refractivity contribution in [1.82, 2.24) is 0 Å². The molecule has 3 N–H and O–H groups in total. The summed E-state index contributed by atoms with van der Waals surface area (Å²) in [5, 5.41) is 20.6. The Bertz CT molecular complexity index is 377. The highest BCUT2D eigenvalue weighted by molar-refractivity contribution is 5.91. The van der Waals surface area contributed by atoms with Crippen LogP contribution in [0.15, 0.2) is 24.3 Å². The molecule has 0 aliphatic carbocycles. The van der Waals surface area contributed by atoms with Gasteiger partial charge in [-0.2, -0.15) is 0 Å². The number of carbonyl (C=O) groups is 1. The van der Waals surface area contributed by atoms with E-state index in [1.54, 1.807) is 24.3 Å². The minimum atomic E-state index is -1.48. The van der Waals surface area contributed by atoms with Gasteiger partial charge in [0.2, 0.25) is 5.91 Å². The molecular formula is C13H19NO3. The highest BCUT2D eigenvalue weighted by Gasteiger charge is 2.15. The first-order valence-electron chi connectivity index (χ1n) is 5.54. The number of rotatable bonds is 3. The molecule has 0 aliphatic heterocycles. The van der Waals surface area contributed by atoms with Gasteiger partial charge in [-0.25, -0.2) is 0 Å². The van der Waals surface area contributed by atoms with E-state index in [0.717, 1.165) is 0 Å². The second-order valence-electron chi connectivity index (χ2n) is 5.28. The Morgan fingerprint density at radius 3 is 2.18 bits per heavy atom. The zero-order valence-corrected chi connectivity index (χ0v) is 10.4. The Morgan fingerprint density at radius 2 is 1.76 bits per heavy atom. The maximum absolute atomic E-state index is 11.6. The maximum Gasteiger partial charge on any atom is 0.224 e. The summed E-state index contributed by atoms with van der Waals surface area (Å²) in [6.45, 7) is 5.99. The third kappa shape index (κ3) is 4.97. The van der Waals surface area contributed by atoms with Gasteiger partial charge in [-0.3, -0.25) is 4.79 Å². The number of nitrogens with one attached hydrogen (secondary N) is 1. The molecule has 17 heavy (non-hydrogen) atoms. The van der Waals surface area contributed by atoms with Gasteiger partial charge in [-0.15, -0.1) is 0 Å². The van der Waals surface area contributed by atoms with Gasteiger partial charge in [-0.1, -0.05) is 32.9 Å². The Morgan fingerprint density at radius 1 is 1.24 bits per heavy atom. The molecule has 1 amide bonds. The van der Waals surface area contributed by atoms with Gasteiger partial charge in [-0.05, 0) is 17.5 Å². The summed E-state index contributed by atoms with van der Waals surface area (Å²) in [7, 11) is 0. The van der Waals surface area contributed by atoms with Gasteiger partial charge in [0, 0.05) is 17.7 Å². The van der Waals surface area contributed by atoms with Gasteiger partial charge in [0.15, 0.2) is 6.29 Å². The number of benzene rings is 1. The highest BCUT2D eigenvalue weighted by Crippen LogP contribution is 2.20. The summed E-state index contributed by atoms with van der Waals surface area (Å²) in [6.07, 6.45) is -1.04.